The number of carbonyl (C=O) groups excluding carboxylic acids is 2. The first-order chi connectivity index (χ1) is 13.4. The van der Waals surface area contributed by atoms with Gasteiger partial charge in [0.2, 0.25) is 16.0 Å². The van der Waals surface area contributed by atoms with Crippen LogP contribution in [0.25, 0.3) is 6.08 Å². The highest BCUT2D eigenvalue weighted by Crippen LogP contribution is 2.39. The fourth-order valence-corrected chi connectivity index (χ4v) is 3.17. The van der Waals surface area contributed by atoms with Gasteiger partial charge in [-0.2, -0.15) is 14.6 Å². The molecule has 9 nitrogen and oxygen atoms in total. The molecule has 0 unspecified atom stereocenters. The second kappa shape index (κ2) is 9.72. The van der Waals surface area contributed by atoms with Crippen molar-refractivity contribution in [3.63, 3.8) is 0 Å². The van der Waals surface area contributed by atoms with Crippen LogP contribution in [0.2, 0.25) is 0 Å². The second-order valence-electron chi connectivity index (χ2n) is 5.06. The molecule has 0 aliphatic rings. The normalized spacial score (nSPS) is 10.8. The number of methoxy groups -OCH3 is 2. The number of nitrogens with zero attached hydrogens (tertiary/aromatic N) is 3. The zero-order chi connectivity index (χ0) is 20.7. The average Bonchev–Trinajstić information content (AvgIpc) is 3.13. The van der Waals surface area contributed by atoms with Gasteiger partial charge in [-0.25, -0.2) is 0 Å². The van der Waals surface area contributed by atoms with E-state index in [1.807, 2.05) is 12.3 Å². The maximum Gasteiger partial charge on any atom is 0.308 e. The summed E-state index contributed by atoms with van der Waals surface area (Å²) in [6.07, 6.45) is 3.17. The number of esters is 1. The van der Waals surface area contributed by atoms with Gasteiger partial charge in [0.05, 0.1) is 14.2 Å². The van der Waals surface area contributed by atoms with E-state index in [1.165, 1.54) is 51.1 Å². The third kappa shape index (κ3) is 5.21. The molecule has 0 aliphatic carbocycles. The fourth-order valence-electron chi connectivity index (χ4n) is 2.05. The summed E-state index contributed by atoms with van der Waals surface area (Å²) >= 11 is 2.36. The Morgan fingerprint density at radius 2 is 1.93 bits per heavy atom. The fraction of sp³-hybridized carbons (Fsp3) is 0.235. The van der Waals surface area contributed by atoms with Gasteiger partial charge in [-0.15, -0.1) is 0 Å². The van der Waals surface area contributed by atoms with Crippen molar-refractivity contribution in [1.29, 1.82) is 5.26 Å². The van der Waals surface area contributed by atoms with Crippen LogP contribution in [-0.4, -0.2) is 41.7 Å². The van der Waals surface area contributed by atoms with E-state index in [0.29, 0.717) is 10.7 Å². The lowest BCUT2D eigenvalue weighted by Gasteiger charge is -2.13. The molecule has 1 heterocycles. The van der Waals surface area contributed by atoms with Gasteiger partial charge in [0, 0.05) is 18.5 Å². The standard InChI is InChI=1S/C17H16N4O5S2/c1-9(22)26-14-12(24-2)6-10(7-13(14)25-3)5-11(8-18)15(23)19-16-20-17(27-4)21-28-16/h5-7H,1-4H3,(H,19,20,21,23). The minimum atomic E-state index is -0.631. The summed E-state index contributed by atoms with van der Waals surface area (Å²) in [5.74, 6) is -0.637. The number of benzene rings is 1. The highest BCUT2D eigenvalue weighted by molar-refractivity contribution is 7.98. The van der Waals surface area contributed by atoms with Crippen LogP contribution in [0, 0.1) is 11.3 Å². The monoisotopic (exact) mass is 420 g/mol. The number of thioether (sulfide) groups is 1. The van der Waals surface area contributed by atoms with Crippen LogP contribution >= 0.6 is 23.3 Å². The smallest absolute Gasteiger partial charge is 0.308 e. The number of aromatic nitrogens is 2. The van der Waals surface area contributed by atoms with E-state index in [2.05, 4.69) is 14.7 Å². The van der Waals surface area contributed by atoms with Crippen LogP contribution in [0.4, 0.5) is 5.13 Å². The molecule has 1 N–H and O–H groups in total. The largest absolute Gasteiger partial charge is 0.493 e. The molecule has 0 aliphatic heterocycles. The summed E-state index contributed by atoms with van der Waals surface area (Å²) in [6, 6.07) is 4.88. The number of hydrogen-bond donors (Lipinski definition) is 1. The van der Waals surface area contributed by atoms with E-state index in [-0.39, 0.29) is 28.0 Å². The molecule has 1 aromatic carbocycles. The minimum absolute atomic E-state index is 0.107. The summed E-state index contributed by atoms with van der Waals surface area (Å²) in [6.45, 7) is 1.25. The average molecular weight is 420 g/mol. The van der Waals surface area contributed by atoms with Gasteiger partial charge in [-0.3, -0.25) is 14.9 Å². The molecule has 0 fully saturated rings. The quantitative estimate of drug-likeness (QED) is 0.237. The van der Waals surface area contributed by atoms with Crippen LogP contribution < -0.4 is 19.5 Å². The minimum Gasteiger partial charge on any atom is -0.493 e. The van der Waals surface area contributed by atoms with Crippen LogP contribution in [0.15, 0.2) is 22.9 Å². The maximum atomic E-state index is 12.4. The molecule has 0 saturated carbocycles. The molecule has 1 amide bonds. The van der Waals surface area contributed by atoms with E-state index in [4.69, 9.17) is 14.2 Å². The zero-order valence-corrected chi connectivity index (χ0v) is 17.1. The van der Waals surface area contributed by atoms with Crippen molar-refractivity contribution in [1.82, 2.24) is 9.36 Å². The number of amides is 1. The predicted molar refractivity (Wildman–Crippen MR) is 105 cm³/mol. The molecule has 0 radical (unpaired) electrons. The highest BCUT2D eigenvalue weighted by Gasteiger charge is 2.17. The Balaban J connectivity index is 2.35. The summed E-state index contributed by atoms with van der Waals surface area (Å²) in [7, 11) is 2.79. The molecule has 2 aromatic rings. The topological polar surface area (TPSA) is 123 Å². The maximum absolute atomic E-state index is 12.4. The molecule has 1 aromatic heterocycles. The molecular formula is C17H16N4O5S2. The zero-order valence-electron chi connectivity index (χ0n) is 15.4. The Morgan fingerprint density at radius 3 is 2.39 bits per heavy atom. The molecule has 28 heavy (non-hydrogen) atoms. The van der Waals surface area contributed by atoms with E-state index < -0.39 is 11.9 Å². The lowest BCUT2D eigenvalue weighted by molar-refractivity contribution is -0.132. The first-order valence-corrected chi connectivity index (χ1v) is 9.66. The molecule has 2 rings (SSSR count). The lowest BCUT2D eigenvalue weighted by Crippen LogP contribution is -2.13. The second-order valence-corrected chi connectivity index (χ2v) is 6.58. The van der Waals surface area contributed by atoms with Gasteiger partial charge in [0.25, 0.3) is 5.91 Å². The van der Waals surface area contributed by atoms with Crippen LogP contribution in [-0.2, 0) is 9.59 Å². The summed E-state index contributed by atoms with van der Waals surface area (Å²) in [5.41, 5.74) is 0.281. The Labute approximate surface area is 169 Å². The molecule has 0 bridgehead atoms. The van der Waals surface area contributed by atoms with Crippen molar-refractivity contribution >= 4 is 46.4 Å². The summed E-state index contributed by atoms with van der Waals surface area (Å²) in [4.78, 5) is 27.8. The van der Waals surface area contributed by atoms with Crippen molar-refractivity contribution in [3.8, 4) is 23.3 Å². The van der Waals surface area contributed by atoms with Gasteiger partial charge in [0.15, 0.2) is 11.5 Å². The molecule has 0 spiro atoms. The lowest BCUT2D eigenvalue weighted by atomic mass is 10.1. The molecule has 146 valence electrons. The van der Waals surface area contributed by atoms with Gasteiger partial charge < -0.3 is 14.2 Å². The number of nitriles is 1. The van der Waals surface area contributed by atoms with E-state index >= 15 is 0 Å². The number of rotatable bonds is 7. The number of nitrogens with one attached hydrogen (secondary N) is 1. The number of carbonyl (C=O) groups is 2. The van der Waals surface area contributed by atoms with Crippen molar-refractivity contribution in [3.05, 3.63) is 23.3 Å². The Bertz CT molecular complexity index is 940. The van der Waals surface area contributed by atoms with Crippen LogP contribution in [0.1, 0.15) is 12.5 Å². The molecular weight excluding hydrogens is 404 g/mol. The number of anilines is 1. The summed E-state index contributed by atoms with van der Waals surface area (Å²) in [5, 5.41) is 12.7. The van der Waals surface area contributed by atoms with E-state index in [0.717, 1.165) is 11.5 Å². The predicted octanol–water partition coefficient (Wildman–Crippen LogP) is 2.75. The Morgan fingerprint density at radius 1 is 1.29 bits per heavy atom. The first-order valence-electron chi connectivity index (χ1n) is 7.67. The van der Waals surface area contributed by atoms with Gasteiger partial charge in [0.1, 0.15) is 11.6 Å². The summed E-state index contributed by atoms with van der Waals surface area (Å²) < 4.78 is 19.6. The van der Waals surface area contributed by atoms with Crippen molar-refractivity contribution in [2.75, 3.05) is 25.8 Å². The SMILES string of the molecule is COc1cc(C=C(C#N)C(=O)Nc2nc(SC)ns2)cc(OC)c1OC(C)=O. The van der Waals surface area contributed by atoms with Crippen molar-refractivity contribution < 1.29 is 23.8 Å². The number of ether oxygens (including phenoxy) is 3. The number of hydrogen-bond acceptors (Lipinski definition) is 10. The third-order valence-corrected chi connectivity index (χ3v) is 4.51. The van der Waals surface area contributed by atoms with Gasteiger partial charge in [-0.05, 0) is 30.0 Å². The van der Waals surface area contributed by atoms with Crippen molar-refractivity contribution in [2.24, 2.45) is 0 Å². The van der Waals surface area contributed by atoms with E-state index in [1.54, 1.807) is 0 Å². The van der Waals surface area contributed by atoms with Crippen molar-refractivity contribution in [2.45, 2.75) is 12.1 Å². The molecule has 0 atom stereocenters. The Hall–Kier alpha value is -3.10. The Kier molecular flexibility index (Phi) is 7.36. The van der Waals surface area contributed by atoms with Gasteiger partial charge >= 0.3 is 5.97 Å². The molecule has 11 heteroatoms. The van der Waals surface area contributed by atoms with Crippen LogP contribution in [0.3, 0.4) is 0 Å². The molecule has 0 saturated heterocycles. The van der Waals surface area contributed by atoms with Crippen LogP contribution in [0.5, 0.6) is 17.2 Å². The third-order valence-electron chi connectivity index (χ3n) is 3.22. The van der Waals surface area contributed by atoms with Gasteiger partial charge in [-0.1, -0.05) is 11.8 Å². The van der Waals surface area contributed by atoms with E-state index in [9.17, 15) is 14.9 Å². The highest BCUT2D eigenvalue weighted by atomic mass is 32.2. The first kappa shape index (κ1) is 21.2.